The van der Waals surface area contributed by atoms with Crippen LogP contribution in [0.4, 0.5) is 0 Å². The van der Waals surface area contributed by atoms with Crippen molar-refractivity contribution in [3.05, 3.63) is 71.8 Å². The zero-order valence-electron chi connectivity index (χ0n) is 11.2. The zero-order valence-corrected chi connectivity index (χ0v) is 11.2. The molecule has 4 aromatic carbocycles. The fraction of sp³-hybridized carbons (Fsp3) is 0.100. The second-order valence-electron chi connectivity index (χ2n) is 5.75. The maximum Gasteiger partial charge on any atom is -0.0107 e. The van der Waals surface area contributed by atoms with Crippen LogP contribution in [0.25, 0.3) is 32.3 Å². The van der Waals surface area contributed by atoms with E-state index in [4.69, 9.17) is 0 Å². The zero-order chi connectivity index (χ0) is 13.1. The molecular weight excluding hydrogens is 240 g/mol. The van der Waals surface area contributed by atoms with Gasteiger partial charge < -0.3 is 0 Å². The first-order valence-corrected chi connectivity index (χ1v) is 7.27. The van der Waals surface area contributed by atoms with Crippen molar-refractivity contribution in [3.8, 4) is 0 Å². The van der Waals surface area contributed by atoms with E-state index in [1.807, 2.05) is 0 Å². The molecule has 0 nitrogen and oxygen atoms in total. The molecule has 1 aliphatic rings. The van der Waals surface area contributed by atoms with Crippen LogP contribution in [0.3, 0.4) is 0 Å². The van der Waals surface area contributed by atoms with Crippen molar-refractivity contribution in [2.45, 2.75) is 12.8 Å². The Balaban J connectivity index is 2.11. The van der Waals surface area contributed by atoms with Crippen LogP contribution in [0.2, 0.25) is 0 Å². The van der Waals surface area contributed by atoms with Crippen LogP contribution in [0.5, 0.6) is 0 Å². The van der Waals surface area contributed by atoms with Gasteiger partial charge in [-0.3, -0.25) is 0 Å². The fourth-order valence-electron chi connectivity index (χ4n) is 3.89. The van der Waals surface area contributed by atoms with Crippen LogP contribution in [0.15, 0.2) is 60.7 Å². The topological polar surface area (TPSA) is 0 Å². The molecule has 0 amide bonds. The third kappa shape index (κ3) is 1.21. The first kappa shape index (κ1) is 10.4. The van der Waals surface area contributed by atoms with E-state index in [1.54, 1.807) is 11.1 Å². The van der Waals surface area contributed by atoms with Gasteiger partial charge in [-0.2, -0.15) is 0 Å². The molecule has 0 aromatic heterocycles. The number of fused-ring (bicyclic) bond motifs is 4. The lowest BCUT2D eigenvalue weighted by Gasteiger charge is -2.09. The summed E-state index contributed by atoms with van der Waals surface area (Å²) >= 11 is 0. The van der Waals surface area contributed by atoms with Crippen LogP contribution in [0.1, 0.15) is 11.1 Å². The highest BCUT2D eigenvalue weighted by atomic mass is 14.2. The Labute approximate surface area is 117 Å². The van der Waals surface area contributed by atoms with E-state index in [9.17, 15) is 0 Å². The number of hydrogen-bond donors (Lipinski definition) is 0. The summed E-state index contributed by atoms with van der Waals surface area (Å²) in [5.74, 6) is 0. The summed E-state index contributed by atoms with van der Waals surface area (Å²) in [6.07, 6.45) is 2.36. The second kappa shape index (κ2) is 3.61. The molecule has 0 radical (unpaired) electrons. The van der Waals surface area contributed by atoms with Gasteiger partial charge in [-0.1, -0.05) is 48.5 Å². The molecule has 94 valence electrons. The summed E-state index contributed by atoms with van der Waals surface area (Å²) in [6, 6.07) is 22.3. The van der Waals surface area contributed by atoms with Gasteiger partial charge in [0.15, 0.2) is 0 Å². The second-order valence-corrected chi connectivity index (χ2v) is 5.75. The molecule has 0 fully saturated rings. The molecule has 0 saturated heterocycles. The van der Waals surface area contributed by atoms with Gasteiger partial charge in [0, 0.05) is 0 Å². The van der Waals surface area contributed by atoms with Gasteiger partial charge in [-0.05, 0) is 68.4 Å². The maximum atomic E-state index is 2.36. The molecule has 5 rings (SSSR count). The van der Waals surface area contributed by atoms with Gasteiger partial charge in [0.05, 0.1) is 0 Å². The molecule has 0 unspecified atom stereocenters. The molecular formula is C20H14. The first-order valence-electron chi connectivity index (χ1n) is 7.27. The number of benzene rings is 4. The Kier molecular flexibility index (Phi) is 1.88. The Morgan fingerprint density at radius 3 is 1.60 bits per heavy atom. The van der Waals surface area contributed by atoms with E-state index in [-0.39, 0.29) is 0 Å². The van der Waals surface area contributed by atoms with Gasteiger partial charge in [0.25, 0.3) is 0 Å². The molecule has 0 heteroatoms. The van der Waals surface area contributed by atoms with Gasteiger partial charge in [-0.25, -0.2) is 0 Å². The number of aryl methyl sites for hydroxylation is 2. The summed E-state index contributed by atoms with van der Waals surface area (Å²) in [5.41, 5.74) is 3.11. The summed E-state index contributed by atoms with van der Waals surface area (Å²) in [7, 11) is 0. The third-order valence-corrected chi connectivity index (χ3v) is 4.71. The van der Waals surface area contributed by atoms with Crippen LogP contribution in [-0.2, 0) is 12.8 Å². The van der Waals surface area contributed by atoms with Crippen molar-refractivity contribution in [2.24, 2.45) is 0 Å². The number of hydrogen-bond acceptors (Lipinski definition) is 0. The van der Waals surface area contributed by atoms with E-state index >= 15 is 0 Å². The van der Waals surface area contributed by atoms with Gasteiger partial charge in [0.1, 0.15) is 0 Å². The summed E-state index contributed by atoms with van der Waals surface area (Å²) < 4.78 is 0. The van der Waals surface area contributed by atoms with Crippen LogP contribution in [-0.4, -0.2) is 0 Å². The summed E-state index contributed by atoms with van der Waals surface area (Å²) in [4.78, 5) is 0. The molecule has 20 heavy (non-hydrogen) atoms. The Morgan fingerprint density at radius 1 is 0.550 bits per heavy atom. The minimum Gasteiger partial charge on any atom is -0.0616 e. The quantitative estimate of drug-likeness (QED) is 0.376. The average molecular weight is 254 g/mol. The predicted octanol–water partition coefficient (Wildman–Crippen LogP) is 5.24. The monoisotopic (exact) mass is 254 g/mol. The summed E-state index contributed by atoms with van der Waals surface area (Å²) in [5, 5.41) is 8.55. The predicted molar refractivity (Wildman–Crippen MR) is 86.4 cm³/mol. The standard InChI is InChI=1S/C20H14/c1-3-7-16-13(5-1)11-15-12-14-6-2-4-8-17(14)19-10-9-18(16)20(15)19/h1-8,11-12H,9-10H2. The smallest absolute Gasteiger partial charge is 0.0107 e. The van der Waals surface area contributed by atoms with Crippen molar-refractivity contribution < 1.29 is 0 Å². The van der Waals surface area contributed by atoms with E-state index < -0.39 is 0 Å². The fourth-order valence-corrected chi connectivity index (χ4v) is 3.89. The van der Waals surface area contributed by atoms with Crippen molar-refractivity contribution in [1.29, 1.82) is 0 Å². The van der Waals surface area contributed by atoms with Crippen LogP contribution in [0, 0.1) is 0 Å². The molecule has 0 atom stereocenters. The highest BCUT2D eigenvalue weighted by Crippen LogP contribution is 2.40. The highest BCUT2D eigenvalue weighted by Gasteiger charge is 2.19. The largest absolute Gasteiger partial charge is 0.0616 e. The van der Waals surface area contributed by atoms with Gasteiger partial charge >= 0.3 is 0 Å². The molecule has 4 aromatic rings. The van der Waals surface area contributed by atoms with Crippen molar-refractivity contribution in [1.82, 2.24) is 0 Å². The van der Waals surface area contributed by atoms with Crippen molar-refractivity contribution in [2.75, 3.05) is 0 Å². The lowest BCUT2D eigenvalue weighted by atomic mass is 9.94. The maximum absolute atomic E-state index is 2.36. The minimum absolute atomic E-state index is 1.18. The molecule has 0 bridgehead atoms. The van der Waals surface area contributed by atoms with E-state index in [2.05, 4.69) is 60.7 Å². The highest BCUT2D eigenvalue weighted by molar-refractivity contribution is 6.11. The Bertz CT molecular complexity index is 914. The molecule has 0 spiro atoms. The molecule has 1 aliphatic carbocycles. The van der Waals surface area contributed by atoms with E-state index in [1.165, 1.54) is 45.2 Å². The van der Waals surface area contributed by atoms with Crippen molar-refractivity contribution >= 4 is 32.3 Å². The third-order valence-electron chi connectivity index (χ3n) is 4.71. The van der Waals surface area contributed by atoms with E-state index in [0.29, 0.717) is 0 Å². The SMILES string of the molecule is c1ccc2c3c4c(c5ccccc5cc4cc2c1)CC3. The average Bonchev–Trinajstić information content (AvgIpc) is 2.94. The molecule has 0 saturated carbocycles. The van der Waals surface area contributed by atoms with Crippen molar-refractivity contribution in [3.63, 3.8) is 0 Å². The molecule has 0 aliphatic heterocycles. The first-order chi connectivity index (χ1) is 9.92. The van der Waals surface area contributed by atoms with Crippen LogP contribution < -0.4 is 0 Å². The van der Waals surface area contributed by atoms with Gasteiger partial charge in [-0.15, -0.1) is 0 Å². The summed E-state index contributed by atoms with van der Waals surface area (Å²) in [6.45, 7) is 0. The normalized spacial score (nSPS) is 13.6. The Hall–Kier alpha value is -2.34. The minimum atomic E-state index is 1.18. The van der Waals surface area contributed by atoms with E-state index in [0.717, 1.165) is 0 Å². The lowest BCUT2D eigenvalue weighted by Crippen LogP contribution is -1.84. The lowest BCUT2D eigenvalue weighted by molar-refractivity contribution is 1.04. The molecule has 0 N–H and O–H groups in total. The van der Waals surface area contributed by atoms with Gasteiger partial charge in [0.2, 0.25) is 0 Å². The number of rotatable bonds is 0. The Morgan fingerprint density at radius 2 is 1.05 bits per heavy atom. The molecule has 0 heterocycles. The van der Waals surface area contributed by atoms with Crippen LogP contribution >= 0.6 is 0 Å².